The summed E-state index contributed by atoms with van der Waals surface area (Å²) in [5.41, 5.74) is 9.34. The molecule has 0 atom stereocenters. The third kappa shape index (κ3) is 6.24. The summed E-state index contributed by atoms with van der Waals surface area (Å²) in [5, 5.41) is 7.17. The summed E-state index contributed by atoms with van der Waals surface area (Å²) in [6.45, 7) is 0.0886. The van der Waals surface area contributed by atoms with Crippen LogP contribution in [0.4, 0.5) is 16.0 Å². The Bertz CT molecular complexity index is 1330. The number of nitrogens with one attached hydrogen (secondary N) is 1. The Labute approximate surface area is 194 Å². The number of phosphoric acid groups is 1. The smallest absolute Gasteiger partial charge is 0.366 e. The fourth-order valence-corrected chi connectivity index (χ4v) is 3.50. The van der Waals surface area contributed by atoms with E-state index < -0.39 is 20.5 Å². The lowest BCUT2D eigenvalue weighted by molar-refractivity contribution is -0.711. The molecule has 0 radical (unpaired) electrons. The lowest BCUT2D eigenvalue weighted by Crippen LogP contribution is -2.38. The van der Waals surface area contributed by atoms with Crippen molar-refractivity contribution in [3.8, 4) is 11.3 Å². The van der Waals surface area contributed by atoms with Crippen LogP contribution in [-0.2, 0) is 28.8 Å². The van der Waals surface area contributed by atoms with Gasteiger partial charge < -0.3 is 19.6 Å². The molecule has 34 heavy (non-hydrogen) atoms. The minimum atomic E-state index is -4.63. The van der Waals surface area contributed by atoms with Gasteiger partial charge in [-0.05, 0) is 35.4 Å². The van der Waals surface area contributed by atoms with Gasteiger partial charge in [-0.3, -0.25) is 5.73 Å². The van der Waals surface area contributed by atoms with E-state index in [1.807, 2.05) is 24.3 Å². The summed E-state index contributed by atoms with van der Waals surface area (Å²) in [6, 6.07) is 17.6. The maximum absolute atomic E-state index is 13.2. The molecule has 12 heteroatoms. The first kappa shape index (κ1) is 23.5. The number of rotatable bonds is 9. The minimum absolute atomic E-state index is 0.211. The van der Waals surface area contributed by atoms with Crippen LogP contribution in [0.25, 0.3) is 11.3 Å². The van der Waals surface area contributed by atoms with Crippen molar-refractivity contribution in [1.82, 2.24) is 10.1 Å². The first-order valence-corrected chi connectivity index (χ1v) is 11.7. The molecular formula is C22H22FN5O5P+. The van der Waals surface area contributed by atoms with Crippen LogP contribution in [-0.4, -0.2) is 19.9 Å². The van der Waals surface area contributed by atoms with Gasteiger partial charge in [-0.25, -0.2) is 18.6 Å². The standard InChI is InChI=1S/C22H21FN5O5P/c23-20-4-1-5-21(26-20)25-13-16-8-6-15(7-9-16)11-17-12-19(33-27-17)18-3-2-10-28(22(18)24)14-32-34(29,30)31/h1-10,12,24H,11,13-14H2,(H3,25,26,29,30,31)/p+1. The number of anilines is 2. The average molecular weight is 486 g/mol. The predicted molar refractivity (Wildman–Crippen MR) is 120 cm³/mol. The maximum atomic E-state index is 13.2. The van der Waals surface area contributed by atoms with Crippen LogP contribution >= 0.6 is 7.82 Å². The van der Waals surface area contributed by atoms with Gasteiger partial charge in [-0.1, -0.05) is 35.5 Å². The zero-order valence-electron chi connectivity index (χ0n) is 17.8. The van der Waals surface area contributed by atoms with E-state index in [1.54, 1.807) is 30.3 Å². The van der Waals surface area contributed by atoms with E-state index in [0.717, 1.165) is 11.1 Å². The Hall–Kier alpha value is -3.63. The quantitative estimate of drug-likeness (QED) is 0.159. The van der Waals surface area contributed by atoms with Gasteiger partial charge in [0.05, 0.1) is 11.9 Å². The largest absolute Gasteiger partial charge is 0.472 e. The topological polar surface area (TPSA) is 148 Å². The molecule has 0 aliphatic carbocycles. The van der Waals surface area contributed by atoms with Crippen molar-refractivity contribution in [3.63, 3.8) is 0 Å². The van der Waals surface area contributed by atoms with Crippen molar-refractivity contribution in [3.05, 3.63) is 89.6 Å². The van der Waals surface area contributed by atoms with Crippen molar-refractivity contribution < 1.29 is 32.4 Å². The van der Waals surface area contributed by atoms with E-state index in [0.29, 0.717) is 35.8 Å². The fourth-order valence-electron chi connectivity index (χ4n) is 3.23. The molecule has 3 aromatic heterocycles. The monoisotopic (exact) mass is 486 g/mol. The molecule has 4 aromatic rings. The third-order valence-corrected chi connectivity index (χ3v) is 5.35. The molecule has 0 fully saturated rings. The minimum Gasteiger partial charge on any atom is -0.366 e. The zero-order valence-corrected chi connectivity index (χ0v) is 18.7. The number of aromatic nitrogens is 3. The molecular weight excluding hydrogens is 464 g/mol. The van der Waals surface area contributed by atoms with Crippen LogP contribution in [0.15, 0.2) is 71.4 Å². The SMILES string of the molecule is Nc1c(-c2cc(Cc3ccc(CNc4cccc(F)n4)cc3)no2)ccc[n+]1COP(=O)(O)O. The second kappa shape index (κ2) is 10.1. The molecule has 0 saturated carbocycles. The van der Waals surface area contributed by atoms with Gasteiger partial charge in [0.15, 0.2) is 5.76 Å². The van der Waals surface area contributed by atoms with Gasteiger partial charge in [-0.15, -0.1) is 0 Å². The predicted octanol–water partition coefficient (Wildman–Crippen LogP) is 3.02. The highest BCUT2D eigenvalue weighted by Crippen LogP contribution is 2.35. The second-order valence-corrected chi connectivity index (χ2v) is 8.64. The Morgan fingerprint density at radius 1 is 1.12 bits per heavy atom. The number of nitrogens with two attached hydrogens (primary N) is 1. The highest BCUT2D eigenvalue weighted by Gasteiger charge is 2.20. The number of nitrogens with zero attached hydrogens (tertiary/aromatic N) is 3. The summed E-state index contributed by atoms with van der Waals surface area (Å²) in [7, 11) is -4.63. The van der Waals surface area contributed by atoms with E-state index in [-0.39, 0.29) is 5.82 Å². The molecule has 0 amide bonds. The molecule has 0 aliphatic heterocycles. The Balaban J connectivity index is 1.40. The molecule has 4 rings (SSSR count). The fraction of sp³-hybridized carbons (Fsp3) is 0.136. The summed E-state index contributed by atoms with van der Waals surface area (Å²) >= 11 is 0. The lowest BCUT2D eigenvalue weighted by atomic mass is 10.1. The average Bonchev–Trinajstić information content (AvgIpc) is 3.25. The van der Waals surface area contributed by atoms with Crippen LogP contribution < -0.4 is 15.6 Å². The second-order valence-electron chi connectivity index (χ2n) is 7.40. The molecule has 1 aromatic carbocycles. The molecule has 0 spiro atoms. The number of pyridine rings is 2. The van der Waals surface area contributed by atoms with Crippen molar-refractivity contribution >= 4 is 19.5 Å². The van der Waals surface area contributed by atoms with Gasteiger partial charge in [-0.2, -0.15) is 4.39 Å². The van der Waals surface area contributed by atoms with Gasteiger partial charge in [0.1, 0.15) is 11.4 Å². The third-order valence-electron chi connectivity index (χ3n) is 4.90. The van der Waals surface area contributed by atoms with E-state index in [1.165, 1.54) is 16.8 Å². The molecule has 0 aliphatic rings. The zero-order chi connectivity index (χ0) is 24.1. The first-order valence-electron chi connectivity index (χ1n) is 10.1. The highest BCUT2D eigenvalue weighted by molar-refractivity contribution is 7.46. The van der Waals surface area contributed by atoms with Crippen molar-refractivity contribution in [2.45, 2.75) is 19.7 Å². The summed E-state index contributed by atoms with van der Waals surface area (Å²) in [6.07, 6.45) is 2.06. The maximum Gasteiger partial charge on any atom is 0.472 e. The van der Waals surface area contributed by atoms with E-state index >= 15 is 0 Å². The number of halogens is 1. The van der Waals surface area contributed by atoms with Crippen molar-refractivity contribution in [2.24, 2.45) is 0 Å². The van der Waals surface area contributed by atoms with Gasteiger partial charge in [0.2, 0.25) is 12.7 Å². The number of hydrogen-bond acceptors (Lipinski definition) is 7. The normalized spacial score (nSPS) is 11.5. The van der Waals surface area contributed by atoms with Crippen LogP contribution in [0.1, 0.15) is 16.8 Å². The number of phosphoric ester groups is 1. The molecule has 3 heterocycles. The molecule has 176 valence electrons. The van der Waals surface area contributed by atoms with Gasteiger partial charge >= 0.3 is 7.82 Å². The first-order chi connectivity index (χ1) is 16.3. The van der Waals surface area contributed by atoms with Crippen LogP contribution in [0.5, 0.6) is 0 Å². The number of nitrogen functional groups attached to an aromatic ring is 1. The lowest BCUT2D eigenvalue weighted by Gasteiger charge is -2.07. The van der Waals surface area contributed by atoms with Crippen LogP contribution in [0.2, 0.25) is 0 Å². The summed E-state index contributed by atoms with van der Waals surface area (Å²) in [4.78, 5) is 21.6. The van der Waals surface area contributed by atoms with Gasteiger partial charge in [0, 0.05) is 19.0 Å². The highest BCUT2D eigenvalue weighted by atomic mass is 31.2. The molecule has 10 nitrogen and oxygen atoms in total. The van der Waals surface area contributed by atoms with E-state index in [9.17, 15) is 8.96 Å². The summed E-state index contributed by atoms with van der Waals surface area (Å²) < 4.78 is 35.4. The Kier molecular flexibility index (Phi) is 6.99. The number of benzene rings is 1. The van der Waals surface area contributed by atoms with Crippen LogP contribution in [0.3, 0.4) is 0 Å². The molecule has 0 unspecified atom stereocenters. The molecule has 5 N–H and O–H groups in total. The molecule has 0 bridgehead atoms. The summed E-state index contributed by atoms with van der Waals surface area (Å²) in [5.74, 6) is 0.563. The Morgan fingerprint density at radius 2 is 1.88 bits per heavy atom. The van der Waals surface area contributed by atoms with Crippen molar-refractivity contribution in [1.29, 1.82) is 0 Å². The van der Waals surface area contributed by atoms with Crippen LogP contribution in [0, 0.1) is 5.95 Å². The van der Waals surface area contributed by atoms with E-state index in [4.69, 9.17) is 20.0 Å². The van der Waals surface area contributed by atoms with Gasteiger partial charge in [0.25, 0.3) is 5.82 Å². The van der Waals surface area contributed by atoms with Crippen molar-refractivity contribution in [2.75, 3.05) is 11.1 Å². The number of hydrogen-bond donors (Lipinski definition) is 4. The molecule has 0 saturated heterocycles. The Morgan fingerprint density at radius 3 is 2.62 bits per heavy atom. The van der Waals surface area contributed by atoms with E-state index in [2.05, 4.69) is 20.0 Å².